The Morgan fingerprint density at radius 2 is 1.85 bits per heavy atom. The van der Waals surface area contributed by atoms with Gasteiger partial charge in [-0.3, -0.25) is 4.79 Å². The van der Waals surface area contributed by atoms with E-state index in [2.05, 4.69) is 4.72 Å². The highest BCUT2D eigenvalue weighted by atomic mass is 32.2. The molecule has 6 heteroatoms. The van der Waals surface area contributed by atoms with Crippen LogP contribution in [-0.4, -0.2) is 32.3 Å². The van der Waals surface area contributed by atoms with Gasteiger partial charge in [-0.1, -0.05) is 42.5 Å². The van der Waals surface area contributed by atoms with E-state index < -0.39 is 16.1 Å². The quantitative estimate of drug-likeness (QED) is 0.848. The Balaban J connectivity index is 1.91. The summed E-state index contributed by atoms with van der Waals surface area (Å²) in [6.07, 6.45) is 1.36. The molecule has 0 saturated carbocycles. The normalized spacial score (nSPS) is 16.1. The molecule has 1 saturated heterocycles. The second-order valence-electron chi connectivity index (χ2n) is 6.80. The van der Waals surface area contributed by atoms with Crippen LogP contribution in [0.15, 0.2) is 53.4 Å². The number of rotatable bonds is 6. The van der Waals surface area contributed by atoms with E-state index in [9.17, 15) is 13.2 Å². The van der Waals surface area contributed by atoms with Gasteiger partial charge in [-0.2, -0.15) is 0 Å². The maximum absolute atomic E-state index is 13.0. The fourth-order valence-corrected chi connectivity index (χ4v) is 4.81. The molecule has 0 aromatic heterocycles. The maximum atomic E-state index is 13.0. The first-order chi connectivity index (χ1) is 12.4. The molecule has 1 N–H and O–H groups in total. The zero-order valence-corrected chi connectivity index (χ0v) is 15.9. The number of carbonyl (C=O) groups is 1. The predicted octanol–water partition coefficient (Wildman–Crippen LogP) is 2.95. The Kier molecular flexibility index (Phi) is 5.44. The van der Waals surface area contributed by atoms with Gasteiger partial charge in [-0.05, 0) is 43.0 Å². The van der Waals surface area contributed by atoms with Crippen LogP contribution in [0.3, 0.4) is 0 Å². The second kappa shape index (κ2) is 7.60. The lowest BCUT2D eigenvalue weighted by Crippen LogP contribution is -2.38. The Hall–Kier alpha value is -2.18. The van der Waals surface area contributed by atoms with Crippen molar-refractivity contribution in [1.29, 1.82) is 0 Å². The molecule has 1 heterocycles. The van der Waals surface area contributed by atoms with Crippen molar-refractivity contribution in [3.05, 3.63) is 65.2 Å². The Bertz CT molecular complexity index is 895. The largest absolute Gasteiger partial charge is 0.341 e. The van der Waals surface area contributed by atoms with E-state index in [0.717, 1.165) is 17.5 Å². The Labute approximate surface area is 155 Å². The molecule has 26 heavy (non-hydrogen) atoms. The van der Waals surface area contributed by atoms with Crippen molar-refractivity contribution in [2.75, 3.05) is 13.1 Å². The molecule has 2 aromatic carbocycles. The molecule has 1 unspecified atom stereocenters. The molecule has 1 aliphatic rings. The van der Waals surface area contributed by atoms with Crippen molar-refractivity contribution in [2.45, 2.75) is 37.6 Å². The molecular formula is C20H24N2O3S. The van der Waals surface area contributed by atoms with Gasteiger partial charge >= 0.3 is 0 Å². The van der Waals surface area contributed by atoms with E-state index >= 15 is 0 Å². The second-order valence-corrected chi connectivity index (χ2v) is 8.48. The van der Waals surface area contributed by atoms with Crippen molar-refractivity contribution in [3.63, 3.8) is 0 Å². The first-order valence-corrected chi connectivity index (χ1v) is 10.3. The van der Waals surface area contributed by atoms with Crippen LogP contribution in [0.5, 0.6) is 0 Å². The van der Waals surface area contributed by atoms with E-state index in [1.165, 1.54) is 0 Å². The fourth-order valence-electron chi connectivity index (χ4n) is 3.26. The lowest BCUT2D eigenvalue weighted by atomic mass is 10.1. The van der Waals surface area contributed by atoms with Gasteiger partial charge in [0.15, 0.2) is 0 Å². The number of benzene rings is 2. The predicted molar refractivity (Wildman–Crippen MR) is 101 cm³/mol. The van der Waals surface area contributed by atoms with Gasteiger partial charge in [0.1, 0.15) is 0 Å². The van der Waals surface area contributed by atoms with E-state index in [4.69, 9.17) is 0 Å². The Morgan fingerprint density at radius 3 is 2.50 bits per heavy atom. The van der Waals surface area contributed by atoms with Gasteiger partial charge < -0.3 is 4.90 Å². The topological polar surface area (TPSA) is 66.5 Å². The number of carbonyl (C=O) groups excluding carboxylic acids is 1. The van der Waals surface area contributed by atoms with E-state index in [0.29, 0.717) is 25.1 Å². The lowest BCUT2D eigenvalue weighted by molar-refractivity contribution is -0.127. The van der Waals surface area contributed by atoms with E-state index in [1.807, 2.05) is 49.4 Å². The third kappa shape index (κ3) is 4.14. The van der Waals surface area contributed by atoms with Crippen LogP contribution in [0.25, 0.3) is 0 Å². The molecule has 3 rings (SSSR count). The van der Waals surface area contributed by atoms with Crippen LogP contribution in [0.1, 0.15) is 35.6 Å². The fraction of sp³-hybridized carbons (Fsp3) is 0.350. The van der Waals surface area contributed by atoms with Gasteiger partial charge in [0.2, 0.25) is 15.9 Å². The first kappa shape index (κ1) is 18.6. The number of hydrogen-bond acceptors (Lipinski definition) is 3. The zero-order valence-electron chi connectivity index (χ0n) is 15.1. The molecule has 138 valence electrons. The summed E-state index contributed by atoms with van der Waals surface area (Å²) in [7, 11) is -3.71. The van der Waals surface area contributed by atoms with Gasteiger partial charge in [0.05, 0.1) is 10.9 Å². The summed E-state index contributed by atoms with van der Waals surface area (Å²) >= 11 is 0. The summed E-state index contributed by atoms with van der Waals surface area (Å²) in [5, 5.41) is 0. The minimum Gasteiger partial charge on any atom is -0.341 e. The van der Waals surface area contributed by atoms with Gasteiger partial charge in [-0.25, -0.2) is 13.1 Å². The molecule has 0 bridgehead atoms. The van der Waals surface area contributed by atoms with Crippen molar-refractivity contribution in [2.24, 2.45) is 0 Å². The highest BCUT2D eigenvalue weighted by Crippen LogP contribution is 2.23. The van der Waals surface area contributed by atoms with Crippen LogP contribution in [-0.2, 0) is 14.8 Å². The van der Waals surface area contributed by atoms with Crippen LogP contribution >= 0.6 is 0 Å². The molecule has 0 aliphatic carbocycles. The maximum Gasteiger partial charge on any atom is 0.241 e. The summed E-state index contributed by atoms with van der Waals surface area (Å²) in [5.74, 6) is 0.0804. The third-order valence-electron chi connectivity index (χ3n) is 4.71. The smallest absolute Gasteiger partial charge is 0.241 e. The SMILES string of the molecule is Cc1ccc(C)c(S(=O)(=O)NC(CN2CCCC2=O)c2ccccc2)c1. The van der Waals surface area contributed by atoms with Gasteiger partial charge in [-0.15, -0.1) is 0 Å². The number of hydrogen-bond donors (Lipinski definition) is 1. The van der Waals surface area contributed by atoms with Gasteiger partial charge in [0, 0.05) is 19.5 Å². The molecule has 2 aromatic rings. The monoisotopic (exact) mass is 372 g/mol. The highest BCUT2D eigenvalue weighted by Gasteiger charge is 2.28. The summed E-state index contributed by atoms with van der Waals surface area (Å²) in [6, 6.07) is 14.3. The molecule has 5 nitrogen and oxygen atoms in total. The number of likely N-dealkylation sites (tertiary alicyclic amines) is 1. The zero-order chi connectivity index (χ0) is 18.7. The Morgan fingerprint density at radius 1 is 1.12 bits per heavy atom. The van der Waals surface area contributed by atoms with Crippen molar-refractivity contribution < 1.29 is 13.2 Å². The number of nitrogens with one attached hydrogen (secondary N) is 1. The molecular weight excluding hydrogens is 348 g/mol. The summed E-state index contributed by atoms with van der Waals surface area (Å²) in [5.41, 5.74) is 2.44. The van der Waals surface area contributed by atoms with Crippen LogP contribution in [0, 0.1) is 13.8 Å². The number of sulfonamides is 1. The number of amides is 1. The van der Waals surface area contributed by atoms with Gasteiger partial charge in [0.25, 0.3) is 0 Å². The first-order valence-electron chi connectivity index (χ1n) is 8.79. The van der Waals surface area contributed by atoms with Crippen LogP contribution in [0.4, 0.5) is 0 Å². The molecule has 0 spiro atoms. The van der Waals surface area contributed by atoms with E-state index in [1.54, 1.807) is 17.9 Å². The lowest BCUT2D eigenvalue weighted by Gasteiger charge is -2.25. The minimum absolute atomic E-state index is 0.0804. The molecule has 1 fully saturated rings. The molecule has 1 aliphatic heterocycles. The van der Waals surface area contributed by atoms with Crippen molar-refractivity contribution in [1.82, 2.24) is 9.62 Å². The summed E-state index contributed by atoms with van der Waals surface area (Å²) in [4.78, 5) is 14.0. The third-order valence-corrected chi connectivity index (χ3v) is 6.32. The molecule has 0 radical (unpaired) electrons. The minimum atomic E-state index is -3.71. The van der Waals surface area contributed by atoms with Crippen molar-refractivity contribution in [3.8, 4) is 0 Å². The van der Waals surface area contributed by atoms with Crippen LogP contribution < -0.4 is 4.72 Å². The van der Waals surface area contributed by atoms with E-state index in [-0.39, 0.29) is 10.8 Å². The number of nitrogens with zero attached hydrogens (tertiary/aromatic N) is 1. The average Bonchev–Trinajstić information content (AvgIpc) is 3.02. The highest BCUT2D eigenvalue weighted by molar-refractivity contribution is 7.89. The molecule has 1 atom stereocenters. The van der Waals surface area contributed by atoms with Crippen LogP contribution in [0.2, 0.25) is 0 Å². The molecule has 1 amide bonds. The number of aryl methyl sites for hydroxylation is 2. The standard InChI is InChI=1S/C20H24N2O3S/c1-15-10-11-16(2)19(13-15)26(24,25)21-18(17-7-4-3-5-8-17)14-22-12-6-9-20(22)23/h3-5,7-8,10-11,13,18,21H,6,9,12,14H2,1-2H3. The summed E-state index contributed by atoms with van der Waals surface area (Å²) in [6.45, 7) is 4.67. The summed E-state index contributed by atoms with van der Waals surface area (Å²) < 4.78 is 28.9. The average molecular weight is 372 g/mol. The van der Waals surface area contributed by atoms with Crippen molar-refractivity contribution >= 4 is 15.9 Å².